The molecule has 1 aliphatic rings. The number of benzene rings is 1. The molecule has 1 unspecified atom stereocenters. The number of carbonyl (C=O) groups excluding carboxylic acids is 1. The van der Waals surface area contributed by atoms with Gasteiger partial charge in [-0.2, -0.15) is 0 Å². The molecule has 0 radical (unpaired) electrons. The minimum absolute atomic E-state index is 0.112. The van der Waals surface area contributed by atoms with Crippen molar-refractivity contribution < 1.29 is 9.53 Å². The second-order valence-electron chi connectivity index (χ2n) is 5.89. The first-order valence-corrected chi connectivity index (χ1v) is 7.68. The van der Waals surface area contributed by atoms with Crippen molar-refractivity contribution in [1.82, 2.24) is 9.80 Å². The van der Waals surface area contributed by atoms with E-state index >= 15 is 0 Å². The van der Waals surface area contributed by atoms with E-state index in [1.807, 2.05) is 4.90 Å². The molecule has 1 aliphatic heterocycles. The molecule has 1 atom stereocenters. The Bertz CT molecular complexity index is 476. The highest BCUT2D eigenvalue weighted by atomic mass is 16.5. The van der Waals surface area contributed by atoms with Gasteiger partial charge in [-0.05, 0) is 38.4 Å². The van der Waals surface area contributed by atoms with Gasteiger partial charge in [-0.25, -0.2) is 0 Å². The lowest BCUT2D eigenvalue weighted by molar-refractivity contribution is -0.142. The van der Waals surface area contributed by atoms with Crippen LogP contribution in [0.15, 0.2) is 24.3 Å². The van der Waals surface area contributed by atoms with Crippen LogP contribution in [0.3, 0.4) is 0 Å². The van der Waals surface area contributed by atoms with Gasteiger partial charge in [-0.3, -0.25) is 4.79 Å². The van der Waals surface area contributed by atoms with E-state index in [-0.39, 0.29) is 12.5 Å². The number of hydrogen-bond donors (Lipinski definition) is 0. The minimum Gasteiger partial charge on any atom is -0.370 e. The molecule has 116 valence electrons. The molecule has 1 heterocycles. The zero-order valence-electron chi connectivity index (χ0n) is 13.3. The quantitative estimate of drug-likeness (QED) is 0.800. The van der Waals surface area contributed by atoms with Crippen LogP contribution < -0.4 is 0 Å². The zero-order chi connectivity index (χ0) is 15.2. The molecule has 0 bridgehead atoms. The van der Waals surface area contributed by atoms with Gasteiger partial charge >= 0.3 is 0 Å². The molecule has 21 heavy (non-hydrogen) atoms. The second-order valence-corrected chi connectivity index (χ2v) is 5.89. The van der Waals surface area contributed by atoms with E-state index in [2.05, 4.69) is 50.1 Å². The van der Waals surface area contributed by atoms with Crippen LogP contribution in [-0.4, -0.2) is 61.6 Å². The summed E-state index contributed by atoms with van der Waals surface area (Å²) in [6.07, 6.45) is 1.04. The Morgan fingerprint density at radius 1 is 1.38 bits per heavy atom. The van der Waals surface area contributed by atoms with Crippen molar-refractivity contribution >= 4 is 5.91 Å². The van der Waals surface area contributed by atoms with Crippen molar-refractivity contribution in [2.75, 3.05) is 39.9 Å². The number of amides is 1. The Balaban J connectivity index is 1.81. The summed E-state index contributed by atoms with van der Waals surface area (Å²) in [6.45, 7) is 7.72. The summed E-state index contributed by atoms with van der Waals surface area (Å²) in [5.41, 5.74) is 2.75. The van der Waals surface area contributed by atoms with E-state index in [0.29, 0.717) is 12.6 Å². The third-order valence-electron chi connectivity index (χ3n) is 4.34. The van der Waals surface area contributed by atoms with Gasteiger partial charge in [0.25, 0.3) is 0 Å². The van der Waals surface area contributed by atoms with Gasteiger partial charge in [-0.1, -0.05) is 24.3 Å². The van der Waals surface area contributed by atoms with Crippen molar-refractivity contribution in [3.05, 3.63) is 35.4 Å². The summed E-state index contributed by atoms with van der Waals surface area (Å²) in [5, 5.41) is 0. The van der Waals surface area contributed by atoms with Crippen LogP contribution in [0.2, 0.25) is 0 Å². The fourth-order valence-electron chi connectivity index (χ4n) is 2.60. The molecule has 0 spiro atoms. The van der Waals surface area contributed by atoms with Crippen molar-refractivity contribution in [1.29, 1.82) is 0 Å². The van der Waals surface area contributed by atoms with E-state index < -0.39 is 0 Å². The molecular weight excluding hydrogens is 264 g/mol. The lowest BCUT2D eigenvalue weighted by Gasteiger charge is -2.31. The molecule has 0 N–H and O–H groups in total. The number of ether oxygens (including phenoxy) is 1. The molecule has 0 aliphatic carbocycles. The summed E-state index contributed by atoms with van der Waals surface area (Å²) in [4.78, 5) is 15.9. The van der Waals surface area contributed by atoms with Gasteiger partial charge in [0.15, 0.2) is 0 Å². The molecule has 4 heteroatoms. The van der Waals surface area contributed by atoms with Crippen molar-refractivity contribution in [3.8, 4) is 0 Å². The van der Waals surface area contributed by atoms with Crippen molar-refractivity contribution in [2.45, 2.75) is 26.3 Å². The average molecular weight is 290 g/mol. The highest BCUT2D eigenvalue weighted by molar-refractivity contribution is 5.77. The van der Waals surface area contributed by atoms with E-state index in [1.165, 1.54) is 11.1 Å². The maximum absolute atomic E-state index is 11.7. The smallest absolute Gasteiger partial charge is 0.248 e. The van der Waals surface area contributed by atoms with Gasteiger partial charge in [0.05, 0.1) is 6.61 Å². The molecule has 2 rings (SSSR count). The fraction of sp³-hybridized carbons (Fsp3) is 0.588. The van der Waals surface area contributed by atoms with Gasteiger partial charge in [0, 0.05) is 25.7 Å². The van der Waals surface area contributed by atoms with Crippen LogP contribution in [0.1, 0.15) is 18.1 Å². The predicted molar refractivity (Wildman–Crippen MR) is 84.4 cm³/mol. The first-order chi connectivity index (χ1) is 10.1. The molecule has 4 nitrogen and oxygen atoms in total. The van der Waals surface area contributed by atoms with Crippen LogP contribution >= 0.6 is 0 Å². The Morgan fingerprint density at radius 2 is 2.14 bits per heavy atom. The van der Waals surface area contributed by atoms with Crippen LogP contribution in [0.25, 0.3) is 0 Å². The molecule has 0 saturated carbocycles. The number of rotatable bonds is 6. The van der Waals surface area contributed by atoms with E-state index in [0.717, 1.165) is 26.1 Å². The topological polar surface area (TPSA) is 32.8 Å². The maximum atomic E-state index is 11.7. The van der Waals surface area contributed by atoms with E-state index in [1.54, 1.807) is 0 Å². The van der Waals surface area contributed by atoms with Crippen LogP contribution in [0, 0.1) is 6.92 Å². The SMILES string of the molecule is Cc1ccccc1CC(C)N(C)CCN1CCOCC1=O. The van der Waals surface area contributed by atoms with Gasteiger partial charge < -0.3 is 14.5 Å². The summed E-state index contributed by atoms with van der Waals surface area (Å²) in [7, 11) is 2.13. The number of morpholine rings is 1. The molecule has 0 aromatic heterocycles. The number of aryl methyl sites for hydroxylation is 1. The molecule has 1 aromatic carbocycles. The Hall–Kier alpha value is -1.39. The third kappa shape index (κ3) is 4.55. The normalized spacial score (nSPS) is 17.3. The predicted octanol–water partition coefficient (Wildman–Crippen LogP) is 1.72. The Labute approximate surface area is 127 Å². The highest BCUT2D eigenvalue weighted by Gasteiger charge is 2.19. The standard InChI is InChI=1S/C17H26N2O2/c1-14-6-4-5-7-16(14)12-15(2)18(3)8-9-19-10-11-21-13-17(19)20/h4-7,15H,8-13H2,1-3H3. The van der Waals surface area contributed by atoms with Crippen LogP contribution in [0.4, 0.5) is 0 Å². The molecule has 1 fully saturated rings. The van der Waals surface area contributed by atoms with E-state index in [9.17, 15) is 4.79 Å². The van der Waals surface area contributed by atoms with Gasteiger partial charge in [0.1, 0.15) is 6.61 Å². The summed E-state index contributed by atoms with van der Waals surface area (Å²) >= 11 is 0. The Morgan fingerprint density at radius 3 is 2.86 bits per heavy atom. The van der Waals surface area contributed by atoms with Crippen LogP contribution in [-0.2, 0) is 16.0 Å². The molecule has 1 saturated heterocycles. The summed E-state index contributed by atoms with van der Waals surface area (Å²) < 4.78 is 5.15. The highest BCUT2D eigenvalue weighted by Crippen LogP contribution is 2.12. The minimum atomic E-state index is 0.112. The van der Waals surface area contributed by atoms with Gasteiger partial charge in [0.2, 0.25) is 5.91 Å². The molecular formula is C17H26N2O2. The van der Waals surface area contributed by atoms with Crippen molar-refractivity contribution in [2.24, 2.45) is 0 Å². The lowest BCUT2D eigenvalue weighted by Crippen LogP contribution is -2.46. The monoisotopic (exact) mass is 290 g/mol. The summed E-state index contributed by atoms with van der Waals surface area (Å²) in [5.74, 6) is 0.112. The zero-order valence-corrected chi connectivity index (χ0v) is 13.3. The number of hydrogen-bond acceptors (Lipinski definition) is 3. The molecule has 1 amide bonds. The van der Waals surface area contributed by atoms with Crippen LogP contribution in [0.5, 0.6) is 0 Å². The number of nitrogens with zero attached hydrogens (tertiary/aromatic N) is 2. The number of carbonyl (C=O) groups is 1. The Kier molecular flexibility index (Phi) is 5.76. The largest absolute Gasteiger partial charge is 0.370 e. The second kappa shape index (κ2) is 7.57. The first kappa shape index (κ1) is 16.0. The fourth-order valence-corrected chi connectivity index (χ4v) is 2.60. The average Bonchev–Trinajstić information content (AvgIpc) is 2.48. The van der Waals surface area contributed by atoms with E-state index in [4.69, 9.17) is 4.74 Å². The maximum Gasteiger partial charge on any atom is 0.248 e. The first-order valence-electron chi connectivity index (χ1n) is 7.68. The molecule has 1 aromatic rings. The third-order valence-corrected chi connectivity index (χ3v) is 4.34. The number of likely N-dealkylation sites (N-methyl/N-ethyl adjacent to an activating group) is 1. The van der Waals surface area contributed by atoms with Crippen molar-refractivity contribution in [3.63, 3.8) is 0 Å². The summed E-state index contributed by atoms with van der Waals surface area (Å²) in [6, 6.07) is 9.00. The van der Waals surface area contributed by atoms with Gasteiger partial charge in [-0.15, -0.1) is 0 Å². The lowest BCUT2D eigenvalue weighted by atomic mass is 10.0.